The summed E-state index contributed by atoms with van der Waals surface area (Å²) in [5.74, 6) is 0.0859. The first-order valence-corrected chi connectivity index (χ1v) is 13.8. The third kappa shape index (κ3) is 5.01. The lowest BCUT2D eigenvalue weighted by Crippen LogP contribution is -2.27. The second-order valence-electron chi connectivity index (χ2n) is 10.5. The monoisotopic (exact) mass is 564 g/mol. The molecule has 2 aromatic carbocycles. The molecule has 1 aliphatic heterocycles. The third-order valence-electron chi connectivity index (χ3n) is 7.82. The van der Waals surface area contributed by atoms with Crippen LogP contribution in [0.4, 0.5) is 5.69 Å². The summed E-state index contributed by atoms with van der Waals surface area (Å²) in [6, 6.07) is 15.4. The van der Waals surface area contributed by atoms with E-state index in [1.54, 1.807) is 18.5 Å². The zero-order valence-corrected chi connectivity index (χ0v) is 23.9. The Kier molecular flexibility index (Phi) is 7.11. The number of amides is 1. The van der Waals surface area contributed by atoms with E-state index in [-0.39, 0.29) is 5.91 Å². The molecule has 0 bridgehead atoms. The number of fused-ring (bicyclic) bond motifs is 2. The molecule has 8 nitrogen and oxygen atoms in total. The van der Waals surface area contributed by atoms with Crippen LogP contribution in [0.5, 0.6) is 0 Å². The van der Waals surface area contributed by atoms with Crippen LogP contribution in [0.1, 0.15) is 49.2 Å². The SMILES string of the molecule is Cc1c(Cc2nccc3cc(C=O)cnc23)cccc1-c1cccc(NC(=O)c2nc3c(n2C)CCN(C)C3)c1Cl. The molecule has 0 saturated heterocycles. The Bertz CT molecular complexity index is 1830. The molecular formula is C32H29ClN6O2. The molecule has 6 rings (SSSR count). The van der Waals surface area contributed by atoms with Gasteiger partial charge in [0, 0.05) is 67.6 Å². The Morgan fingerprint density at radius 2 is 1.90 bits per heavy atom. The number of anilines is 1. The molecule has 0 fully saturated rings. The maximum atomic E-state index is 13.3. The predicted octanol–water partition coefficient (Wildman–Crippen LogP) is 5.64. The normalized spacial score (nSPS) is 13.3. The maximum absolute atomic E-state index is 13.3. The molecule has 4 heterocycles. The van der Waals surface area contributed by atoms with Crippen molar-refractivity contribution in [2.75, 3.05) is 18.9 Å². The summed E-state index contributed by atoms with van der Waals surface area (Å²) in [4.78, 5) is 40.4. The van der Waals surface area contributed by atoms with E-state index in [1.807, 2.05) is 48.0 Å². The number of pyridine rings is 2. The highest BCUT2D eigenvalue weighted by Gasteiger charge is 2.24. The molecule has 1 N–H and O–H groups in total. The van der Waals surface area contributed by atoms with Crippen LogP contribution in [0.25, 0.3) is 22.0 Å². The van der Waals surface area contributed by atoms with Crippen molar-refractivity contribution in [1.82, 2.24) is 24.4 Å². The number of aldehydes is 1. The minimum absolute atomic E-state index is 0.290. The smallest absolute Gasteiger partial charge is 0.291 e. The summed E-state index contributed by atoms with van der Waals surface area (Å²) in [5, 5.41) is 4.33. The average molecular weight is 565 g/mol. The lowest BCUT2D eigenvalue weighted by Gasteiger charge is -2.21. The van der Waals surface area contributed by atoms with E-state index >= 15 is 0 Å². The maximum Gasteiger partial charge on any atom is 0.291 e. The minimum Gasteiger partial charge on any atom is -0.327 e. The molecule has 0 spiro atoms. The van der Waals surface area contributed by atoms with Gasteiger partial charge >= 0.3 is 0 Å². The highest BCUT2D eigenvalue weighted by molar-refractivity contribution is 6.36. The Labute approximate surface area is 243 Å². The first-order valence-electron chi connectivity index (χ1n) is 13.4. The van der Waals surface area contributed by atoms with E-state index in [2.05, 4.69) is 45.2 Å². The molecule has 0 atom stereocenters. The summed E-state index contributed by atoms with van der Waals surface area (Å²) < 4.78 is 1.89. The topological polar surface area (TPSA) is 93.0 Å². The summed E-state index contributed by atoms with van der Waals surface area (Å²) in [6.45, 7) is 3.73. The van der Waals surface area contributed by atoms with Crippen LogP contribution in [0.2, 0.25) is 5.02 Å². The molecule has 0 aliphatic carbocycles. The predicted molar refractivity (Wildman–Crippen MR) is 161 cm³/mol. The van der Waals surface area contributed by atoms with Crippen molar-refractivity contribution in [2.24, 2.45) is 7.05 Å². The van der Waals surface area contributed by atoms with Crippen molar-refractivity contribution in [3.63, 3.8) is 0 Å². The number of hydrogen-bond donors (Lipinski definition) is 1. The number of benzene rings is 2. The fourth-order valence-corrected chi connectivity index (χ4v) is 5.83. The van der Waals surface area contributed by atoms with Crippen molar-refractivity contribution < 1.29 is 9.59 Å². The van der Waals surface area contributed by atoms with Gasteiger partial charge in [0.25, 0.3) is 5.91 Å². The molecule has 0 radical (unpaired) electrons. The van der Waals surface area contributed by atoms with E-state index in [0.717, 1.165) is 76.0 Å². The lowest BCUT2D eigenvalue weighted by molar-refractivity contribution is 0.101. The molecule has 5 aromatic rings. The number of nitrogens with one attached hydrogen (secondary N) is 1. The molecule has 1 amide bonds. The van der Waals surface area contributed by atoms with Crippen molar-refractivity contribution in [1.29, 1.82) is 0 Å². The average Bonchev–Trinajstić information content (AvgIpc) is 3.30. The van der Waals surface area contributed by atoms with Crippen LogP contribution >= 0.6 is 11.6 Å². The van der Waals surface area contributed by atoms with Gasteiger partial charge in [-0.1, -0.05) is 41.9 Å². The summed E-state index contributed by atoms with van der Waals surface area (Å²) in [5.41, 5.74) is 8.64. The summed E-state index contributed by atoms with van der Waals surface area (Å²) >= 11 is 6.93. The molecule has 0 unspecified atom stereocenters. The van der Waals surface area contributed by atoms with Crippen LogP contribution < -0.4 is 5.32 Å². The van der Waals surface area contributed by atoms with Gasteiger partial charge in [0.05, 0.1) is 27.6 Å². The number of nitrogens with zero attached hydrogens (tertiary/aromatic N) is 5. The number of carbonyl (C=O) groups excluding carboxylic acids is 2. The second kappa shape index (κ2) is 10.9. The van der Waals surface area contributed by atoms with E-state index < -0.39 is 0 Å². The van der Waals surface area contributed by atoms with Gasteiger partial charge in [-0.3, -0.25) is 19.6 Å². The molecular weight excluding hydrogens is 536 g/mol. The van der Waals surface area contributed by atoms with Gasteiger partial charge in [-0.05, 0) is 48.9 Å². The second-order valence-corrected chi connectivity index (χ2v) is 10.9. The van der Waals surface area contributed by atoms with E-state index in [4.69, 9.17) is 11.6 Å². The van der Waals surface area contributed by atoms with Crippen molar-refractivity contribution >= 4 is 40.4 Å². The van der Waals surface area contributed by atoms with Gasteiger partial charge in [-0.25, -0.2) is 4.98 Å². The summed E-state index contributed by atoms with van der Waals surface area (Å²) in [6.07, 6.45) is 5.54. The van der Waals surface area contributed by atoms with Crippen LogP contribution in [0.3, 0.4) is 0 Å². The third-order valence-corrected chi connectivity index (χ3v) is 8.23. The van der Waals surface area contributed by atoms with Gasteiger partial charge in [0.15, 0.2) is 12.1 Å². The highest BCUT2D eigenvalue weighted by atomic mass is 35.5. The van der Waals surface area contributed by atoms with Crippen LogP contribution in [-0.4, -0.2) is 50.2 Å². The number of carbonyl (C=O) groups is 2. The first kappa shape index (κ1) is 26.8. The minimum atomic E-state index is -0.290. The first-order chi connectivity index (χ1) is 19.8. The van der Waals surface area contributed by atoms with Gasteiger partial charge in [-0.15, -0.1) is 0 Å². The molecule has 0 saturated carbocycles. The van der Waals surface area contributed by atoms with Crippen molar-refractivity contribution in [2.45, 2.75) is 26.3 Å². The van der Waals surface area contributed by atoms with Gasteiger partial charge in [0.2, 0.25) is 0 Å². The van der Waals surface area contributed by atoms with Crippen molar-refractivity contribution in [3.8, 4) is 11.1 Å². The Morgan fingerprint density at radius 1 is 1.10 bits per heavy atom. The highest BCUT2D eigenvalue weighted by Crippen LogP contribution is 2.37. The lowest BCUT2D eigenvalue weighted by atomic mass is 9.93. The number of rotatable bonds is 6. The molecule has 41 heavy (non-hydrogen) atoms. The van der Waals surface area contributed by atoms with Crippen LogP contribution in [0, 0.1) is 6.92 Å². The van der Waals surface area contributed by atoms with E-state index in [0.29, 0.717) is 28.5 Å². The Balaban J connectivity index is 1.30. The number of halogens is 1. The number of likely N-dealkylation sites (N-methyl/N-ethyl adjacent to an activating group) is 1. The van der Waals surface area contributed by atoms with Gasteiger partial charge in [-0.2, -0.15) is 0 Å². The zero-order chi connectivity index (χ0) is 28.7. The van der Waals surface area contributed by atoms with E-state index in [9.17, 15) is 9.59 Å². The van der Waals surface area contributed by atoms with Crippen LogP contribution in [0.15, 0.2) is 60.9 Å². The Morgan fingerprint density at radius 3 is 2.73 bits per heavy atom. The zero-order valence-electron chi connectivity index (χ0n) is 23.1. The van der Waals surface area contributed by atoms with Gasteiger partial charge < -0.3 is 14.8 Å². The molecule has 3 aromatic heterocycles. The molecule has 1 aliphatic rings. The van der Waals surface area contributed by atoms with Gasteiger partial charge in [0.1, 0.15) is 0 Å². The number of hydrogen-bond acceptors (Lipinski definition) is 6. The van der Waals surface area contributed by atoms with Crippen LogP contribution in [-0.2, 0) is 26.4 Å². The molecule has 9 heteroatoms. The fraction of sp³-hybridized carbons (Fsp3) is 0.219. The van der Waals surface area contributed by atoms with Crippen molar-refractivity contribution in [3.05, 3.63) is 106 Å². The number of imidazole rings is 1. The standard InChI is InChI=1S/C32H29ClN6O2/c1-19-21(15-26-30-22(10-12-34-26)14-20(18-40)16-35-30)6-4-7-23(19)24-8-5-9-25(29(24)33)37-32(41)31-36-27-17-38(2)13-11-28(27)39(31)3/h4-10,12,14,16,18H,11,13,15,17H2,1-3H3,(H,37,41). The van der Waals surface area contributed by atoms with E-state index in [1.165, 1.54) is 0 Å². The largest absolute Gasteiger partial charge is 0.327 e. The fourth-order valence-electron chi connectivity index (χ4n) is 5.55. The quantitative estimate of drug-likeness (QED) is 0.268. The Hall–Kier alpha value is -4.40. The number of aromatic nitrogens is 4. The molecule has 206 valence electrons. The summed E-state index contributed by atoms with van der Waals surface area (Å²) in [7, 11) is 3.94.